The van der Waals surface area contributed by atoms with E-state index >= 15 is 0 Å². The van der Waals surface area contributed by atoms with Crippen LogP contribution in [-0.4, -0.2) is 21.3 Å². The molecule has 0 saturated carbocycles. The van der Waals surface area contributed by atoms with Crippen LogP contribution in [0.4, 0.5) is 0 Å². The molecular weight excluding hydrogens is 188 g/mol. The van der Waals surface area contributed by atoms with E-state index in [2.05, 4.69) is 10.1 Å². The third-order valence-corrected chi connectivity index (χ3v) is 2.28. The predicted molar refractivity (Wildman–Crippen MR) is 59.2 cm³/mol. The minimum atomic E-state index is 0.606. The number of aromatic nitrogens is 3. The average Bonchev–Trinajstić information content (AvgIpc) is 2.63. The first-order valence-corrected chi connectivity index (χ1v) is 4.96. The summed E-state index contributed by atoms with van der Waals surface area (Å²) in [6, 6.07) is 5.96. The zero-order chi connectivity index (χ0) is 10.7. The van der Waals surface area contributed by atoms with E-state index in [-0.39, 0.29) is 0 Å². The second kappa shape index (κ2) is 4.23. The van der Waals surface area contributed by atoms with Crippen LogP contribution in [0.1, 0.15) is 5.69 Å². The van der Waals surface area contributed by atoms with Crippen molar-refractivity contribution in [3.05, 3.63) is 36.3 Å². The van der Waals surface area contributed by atoms with Gasteiger partial charge in [0, 0.05) is 30.2 Å². The van der Waals surface area contributed by atoms with E-state index in [4.69, 9.17) is 5.73 Å². The monoisotopic (exact) mass is 202 g/mol. The van der Waals surface area contributed by atoms with Crippen LogP contribution in [-0.2, 0) is 6.54 Å². The summed E-state index contributed by atoms with van der Waals surface area (Å²) >= 11 is 0. The molecule has 2 rings (SSSR count). The third kappa shape index (κ3) is 2.05. The van der Waals surface area contributed by atoms with Gasteiger partial charge in [0.05, 0.1) is 12.2 Å². The molecule has 0 saturated heterocycles. The first-order chi connectivity index (χ1) is 7.31. The fraction of sp³-hybridized carbons (Fsp3) is 0.273. The van der Waals surface area contributed by atoms with Gasteiger partial charge < -0.3 is 5.73 Å². The van der Waals surface area contributed by atoms with E-state index in [0.29, 0.717) is 6.54 Å². The maximum absolute atomic E-state index is 5.50. The summed E-state index contributed by atoms with van der Waals surface area (Å²) in [5.41, 5.74) is 8.62. The number of aryl methyl sites for hydroxylation is 1. The van der Waals surface area contributed by atoms with Crippen molar-refractivity contribution in [3.8, 4) is 11.3 Å². The summed E-state index contributed by atoms with van der Waals surface area (Å²) in [6.45, 7) is 3.39. The molecule has 0 aliphatic heterocycles. The van der Waals surface area contributed by atoms with Crippen molar-refractivity contribution in [2.75, 3.05) is 6.54 Å². The lowest BCUT2D eigenvalue weighted by atomic mass is 10.2. The Kier molecular flexibility index (Phi) is 2.78. The van der Waals surface area contributed by atoms with Crippen molar-refractivity contribution in [1.82, 2.24) is 14.8 Å². The number of rotatable bonds is 3. The average molecular weight is 202 g/mol. The van der Waals surface area contributed by atoms with Crippen LogP contribution in [0.2, 0.25) is 0 Å². The summed E-state index contributed by atoms with van der Waals surface area (Å²) in [5.74, 6) is 0. The van der Waals surface area contributed by atoms with Crippen LogP contribution in [0.3, 0.4) is 0 Å². The first-order valence-electron chi connectivity index (χ1n) is 4.96. The predicted octanol–water partition coefficient (Wildman–Crippen LogP) is 1.21. The highest BCUT2D eigenvalue weighted by atomic mass is 15.3. The van der Waals surface area contributed by atoms with Gasteiger partial charge in [0.2, 0.25) is 0 Å². The summed E-state index contributed by atoms with van der Waals surface area (Å²) < 4.78 is 1.92. The number of nitrogens with two attached hydrogens (primary N) is 1. The molecule has 0 radical (unpaired) electrons. The lowest BCUT2D eigenvalue weighted by Crippen LogP contribution is -2.12. The molecule has 0 aliphatic carbocycles. The molecule has 2 N–H and O–H groups in total. The maximum Gasteiger partial charge on any atom is 0.0941 e. The molecule has 0 aromatic carbocycles. The number of pyridine rings is 1. The Bertz CT molecular complexity index is 433. The molecule has 0 fully saturated rings. The van der Waals surface area contributed by atoms with Crippen molar-refractivity contribution in [3.63, 3.8) is 0 Å². The summed E-state index contributed by atoms with van der Waals surface area (Å²) in [5, 5.41) is 4.47. The molecule has 2 aromatic rings. The van der Waals surface area contributed by atoms with Gasteiger partial charge in [0.1, 0.15) is 0 Å². The summed E-state index contributed by atoms with van der Waals surface area (Å²) in [4.78, 5) is 4.07. The van der Waals surface area contributed by atoms with Gasteiger partial charge in [-0.05, 0) is 25.1 Å². The van der Waals surface area contributed by atoms with Gasteiger partial charge in [-0.1, -0.05) is 0 Å². The maximum atomic E-state index is 5.50. The van der Waals surface area contributed by atoms with Gasteiger partial charge in [-0.25, -0.2) is 0 Å². The fourth-order valence-electron chi connectivity index (χ4n) is 1.51. The fourth-order valence-corrected chi connectivity index (χ4v) is 1.51. The molecule has 0 bridgehead atoms. The molecule has 2 heterocycles. The van der Waals surface area contributed by atoms with Gasteiger partial charge in [-0.15, -0.1) is 0 Å². The quantitative estimate of drug-likeness (QED) is 0.814. The second-order valence-corrected chi connectivity index (χ2v) is 3.42. The van der Waals surface area contributed by atoms with Crippen molar-refractivity contribution in [2.24, 2.45) is 5.73 Å². The molecule has 0 amide bonds. The standard InChI is InChI=1S/C11H14N4/c1-9-7-11(14-15(9)6-4-12)10-3-2-5-13-8-10/h2-3,5,7-8H,4,6,12H2,1H3. The van der Waals surface area contributed by atoms with Crippen molar-refractivity contribution in [1.29, 1.82) is 0 Å². The molecule has 0 unspecified atom stereocenters. The topological polar surface area (TPSA) is 56.7 Å². The lowest BCUT2D eigenvalue weighted by Gasteiger charge is -1.99. The lowest BCUT2D eigenvalue weighted by molar-refractivity contribution is 0.610. The number of hydrogen-bond donors (Lipinski definition) is 1. The van der Waals surface area contributed by atoms with Crippen LogP contribution in [0.25, 0.3) is 11.3 Å². The zero-order valence-electron chi connectivity index (χ0n) is 8.72. The molecule has 0 aliphatic rings. The van der Waals surface area contributed by atoms with E-state index in [1.165, 1.54) is 0 Å². The second-order valence-electron chi connectivity index (χ2n) is 3.42. The Morgan fingerprint density at radius 3 is 3.00 bits per heavy atom. The SMILES string of the molecule is Cc1cc(-c2cccnc2)nn1CCN. The minimum Gasteiger partial charge on any atom is -0.329 e. The highest BCUT2D eigenvalue weighted by Gasteiger charge is 2.05. The Hall–Kier alpha value is -1.68. The van der Waals surface area contributed by atoms with Crippen LogP contribution in [0.5, 0.6) is 0 Å². The van der Waals surface area contributed by atoms with Crippen molar-refractivity contribution < 1.29 is 0 Å². The van der Waals surface area contributed by atoms with Crippen LogP contribution < -0.4 is 5.73 Å². The van der Waals surface area contributed by atoms with Gasteiger partial charge in [0.25, 0.3) is 0 Å². The first kappa shape index (κ1) is 9.86. The Morgan fingerprint density at radius 1 is 1.47 bits per heavy atom. The van der Waals surface area contributed by atoms with Crippen molar-refractivity contribution >= 4 is 0 Å². The number of hydrogen-bond acceptors (Lipinski definition) is 3. The van der Waals surface area contributed by atoms with Crippen LogP contribution in [0, 0.1) is 6.92 Å². The largest absolute Gasteiger partial charge is 0.329 e. The molecule has 0 atom stereocenters. The van der Waals surface area contributed by atoms with E-state index < -0.39 is 0 Å². The van der Waals surface area contributed by atoms with E-state index in [0.717, 1.165) is 23.5 Å². The Labute approximate surface area is 88.8 Å². The molecule has 2 aromatic heterocycles. The molecule has 15 heavy (non-hydrogen) atoms. The molecular formula is C11H14N4. The highest BCUT2D eigenvalue weighted by Crippen LogP contribution is 2.17. The zero-order valence-corrected chi connectivity index (χ0v) is 8.72. The van der Waals surface area contributed by atoms with E-state index in [1.807, 2.05) is 36.0 Å². The van der Waals surface area contributed by atoms with Gasteiger partial charge in [-0.2, -0.15) is 5.10 Å². The molecule has 4 heteroatoms. The normalized spacial score (nSPS) is 10.5. The van der Waals surface area contributed by atoms with Crippen LogP contribution >= 0.6 is 0 Å². The number of nitrogens with zero attached hydrogens (tertiary/aromatic N) is 3. The van der Waals surface area contributed by atoms with Gasteiger partial charge in [-0.3, -0.25) is 9.67 Å². The Balaban J connectivity index is 2.34. The minimum absolute atomic E-state index is 0.606. The Morgan fingerprint density at radius 2 is 2.33 bits per heavy atom. The van der Waals surface area contributed by atoms with E-state index in [9.17, 15) is 0 Å². The summed E-state index contributed by atoms with van der Waals surface area (Å²) in [7, 11) is 0. The molecule has 0 spiro atoms. The van der Waals surface area contributed by atoms with Gasteiger partial charge >= 0.3 is 0 Å². The van der Waals surface area contributed by atoms with Crippen molar-refractivity contribution in [2.45, 2.75) is 13.5 Å². The molecule has 4 nitrogen and oxygen atoms in total. The smallest absolute Gasteiger partial charge is 0.0941 e. The van der Waals surface area contributed by atoms with E-state index in [1.54, 1.807) is 6.20 Å². The third-order valence-electron chi connectivity index (χ3n) is 2.28. The summed E-state index contributed by atoms with van der Waals surface area (Å²) in [6.07, 6.45) is 3.57. The molecule has 78 valence electrons. The van der Waals surface area contributed by atoms with Gasteiger partial charge in [0.15, 0.2) is 0 Å². The van der Waals surface area contributed by atoms with Crippen LogP contribution in [0.15, 0.2) is 30.6 Å². The highest BCUT2D eigenvalue weighted by molar-refractivity contribution is 5.57.